The van der Waals surface area contributed by atoms with Gasteiger partial charge < -0.3 is 4.98 Å². The summed E-state index contributed by atoms with van der Waals surface area (Å²) in [6.45, 7) is 7.13. The molecule has 0 spiro atoms. The molecule has 0 saturated carbocycles. The zero-order valence-corrected chi connectivity index (χ0v) is 20.3. The van der Waals surface area contributed by atoms with Gasteiger partial charge in [0.05, 0.1) is 34.5 Å². The topological polar surface area (TPSA) is 61.4 Å². The van der Waals surface area contributed by atoms with Gasteiger partial charge in [0.25, 0.3) is 5.91 Å². The number of rotatable bonds is 4. The molecule has 1 aliphatic heterocycles. The first-order valence-corrected chi connectivity index (χ1v) is 12.1. The molecule has 6 heteroatoms. The third kappa shape index (κ3) is 4.54. The zero-order chi connectivity index (χ0) is 23.7. The van der Waals surface area contributed by atoms with E-state index in [0.29, 0.717) is 16.6 Å². The van der Waals surface area contributed by atoms with Crippen LogP contribution >= 0.6 is 11.8 Å². The fourth-order valence-electron chi connectivity index (χ4n) is 3.84. The van der Waals surface area contributed by atoms with Crippen LogP contribution in [0.4, 0.5) is 5.69 Å². The van der Waals surface area contributed by atoms with Crippen LogP contribution in [-0.2, 0) is 16.8 Å². The van der Waals surface area contributed by atoms with Crippen molar-refractivity contribution in [3.05, 3.63) is 101 Å². The maximum atomic E-state index is 13.4. The molecule has 3 aromatic carbocycles. The van der Waals surface area contributed by atoms with E-state index in [9.17, 15) is 4.79 Å². The fraction of sp³-hybridized carbons (Fsp3) is 0.179. The number of aromatic amines is 1. The second kappa shape index (κ2) is 8.95. The lowest BCUT2D eigenvalue weighted by Crippen LogP contribution is -2.28. The number of nitrogens with zero attached hydrogens (tertiary/aromatic N) is 3. The Bertz CT molecular complexity index is 1400. The number of hydrogen-bond donors (Lipinski definition) is 1. The summed E-state index contributed by atoms with van der Waals surface area (Å²) in [4.78, 5) is 28.1. The lowest BCUT2D eigenvalue weighted by molar-refractivity contribution is -0.113. The van der Waals surface area contributed by atoms with Gasteiger partial charge in [-0.3, -0.25) is 14.7 Å². The van der Waals surface area contributed by atoms with Gasteiger partial charge in [0, 0.05) is 0 Å². The molecule has 1 fully saturated rings. The first kappa shape index (κ1) is 22.2. The maximum absolute atomic E-state index is 13.4. The number of aromatic nitrogens is 2. The number of imidazole rings is 1. The molecule has 5 rings (SSSR count). The molecule has 5 nitrogen and oxygen atoms in total. The van der Waals surface area contributed by atoms with Gasteiger partial charge in [-0.2, -0.15) is 0 Å². The molecule has 1 aliphatic rings. The maximum Gasteiger partial charge on any atom is 0.271 e. The number of amidine groups is 1. The highest BCUT2D eigenvalue weighted by Crippen LogP contribution is 2.36. The van der Waals surface area contributed by atoms with E-state index in [4.69, 9.17) is 4.99 Å². The standard InChI is InChI=1S/C28H26N4OS/c1-28(2,3)21-12-9-19(10-13-21)17-29-27-32(22-7-5-4-6-8-22)26(33)25(34-27)16-20-11-14-23-24(15-20)31-18-30-23/h4-16,18H,17H2,1-3H3,(H,30,31)/b25-16-,29-27-. The number of H-pyrrole nitrogens is 1. The number of fused-ring (bicyclic) bond motifs is 1. The number of nitrogens with one attached hydrogen (secondary N) is 1. The highest BCUT2D eigenvalue weighted by molar-refractivity contribution is 8.19. The second-order valence-corrected chi connectivity index (χ2v) is 10.3. The normalized spacial score (nSPS) is 16.8. The molecule has 1 amide bonds. The first-order chi connectivity index (χ1) is 16.4. The van der Waals surface area contributed by atoms with Crippen LogP contribution in [0.5, 0.6) is 0 Å². The van der Waals surface area contributed by atoms with E-state index < -0.39 is 0 Å². The van der Waals surface area contributed by atoms with Crippen molar-refractivity contribution in [2.45, 2.75) is 32.7 Å². The Morgan fingerprint density at radius 1 is 1.03 bits per heavy atom. The van der Waals surface area contributed by atoms with Gasteiger partial charge in [0.2, 0.25) is 0 Å². The number of benzene rings is 3. The molecule has 1 aromatic heterocycles. The molecular weight excluding hydrogens is 440 g/mol. The fourth-order valence-corrected chi connectivity index (χ4v) is 4.82. The van der Waals surface area contributed by atoms with E-state index in [1.165, 1.54) is 17.3 Å². The highest BCUT2D eigenvalue weighted by atomic mass is 32.2. The van der Waals surface area contributed by atoms with Crippen LogP contribution < -0.4 is 4.90 Å². The van der Waals surface area contributed by atoms with Gasteiger partial charge in [-0.15, -0.1) is 0 Å². The van der Waals surface area contributed by atoms with E-state index in [1.807, 2.05) is 54.6 Å². The number of amides is 1. The van der Waals surface area contributed by atoms with Gasteiger partial charge in [-0.1, -0.05) is 69.3 Å². The number of aliphatic imine (C=N–C) groups is 1. The van der Waals surface area contributed by atoms with Crippen LogP contribution in [0.15, 0.2) is 89.0 Å². The summed E-state index contributed by atoms with van der Waals surface area (Å²) in [6, 6.07) is 24.2. The van der Waals surface area contributed by atoms with E-state index in [0.717, 1.165) is 27.8 Å². The van der Waals surface area contributed by atoms with E-state index in [1.54, 1.807) is 11.2 Å². The van der Waals surface area contributed by atoms with Crippen molar-refractivity contribution in [3.8, 4) is 0 Å². The van der Waals surface area contributed by atoms with Crippen molar-refractivity contribution < 1.29 is 4.79 Å². The molecule has 1 N–H and O–H groups in total. The number of carbonyl (C=O) groups excluding carboxylic acids is 1. The van der Waals surface area contributed by atoms with Crippen molar-refractivity contribution in [1.29, 1.82) is 0 Å². The number of anilines is 1. The van der Waals surface area contributed by atoms with Crippen LogP contribution in [0.25, 0.3) is 17.1 Å². The predicted molar refractivity (Wildman–Crippen MR) is 142 cm³/mol. The minimum absolute atomic E-state index is 0.0693. The molecule has 170 valence electrons. The average molecular weight is 467 g/mol. The van der Waals surface area contributed by atoms with E-state index in [-0.39, 0.29) is 11.3 Å². The lowest BCUT2D eigenvalue weighted by Gasteiger charge is -2.19. The highest BCUT2D eigenvalue weighted by Gasteiger charge is 2.34. The van der Waals surface area contributed by atoms with Crippen molar-refractivity contribution in [2.75, 3.05) is 4.90 Å². The van der Waals surface area contributed by atoms with Crippen LogP contribution in [0.1, 0.15) is 37.5 Å². The number of hydrogen-bond acceptors (Lipinski definition) is 4. The lowest BCUT2D eigenvalue weighted by atomic mass is 9.87. The minimum atomic E-state index is -0.0693. The number of para-hydroxylation sites is 1. The first-order valence-electron chi connectivity index (χ1n) is 11.2. The summed E-state index contributed by atoms with van der Waals surface area (Å²) < 4.78 is 0. The van der Waals surface area contributed by atoms with Crippen molar-refractivity contribution >= 4 is 45.6 Å². The Morgan fingerprint density at radius 3 is 2.53 bits per heavy atom. The summed E-state index contributed by atoms with van der Waals surface area (Å²) in [5.74, 6) is -0.0693. The van der Waals surface area contributed by atoms with Crippen LogP contribution in [-0.4, -0.2) is 21.0 Å². The molecule has 1 saturated heterocycles. The van der Waals surface area contributed by atoms with Crippen LogP contribution in [0, 0.1) is 0 Å². The van der Waals surface area contributed by atoms with E-state index >= 15 is 0 Å². The third-order valence-electron chi connectivity index (χ3n) is 5.78. The molecule has 0 radical (unpaired) electrons. The molecule has 0 unspecified atom stereocenters. The number of thioether (sulfide) groups is 1. The molecule has 4 aromatic rings. The van der Waals surface area contributed by atoms with Crippen molar-refractivity contribution in [1.82, 2.24) is 9.97 Å². The molecule has 2 heterocycles. The Hall–Kier alpha value is -3.64. The Labute approximate surface area is 203 Å². The zero-order valence-electron chi connectivity index (χ0n) is 19.4. The van der Waals surface area contributed by atoms with Gasteiger partial charge in [-0.05, 0) is 64.2 Å². The predicted octanol–water partition coefficient (Wildman–Crippen LogP) is 6.54. The monoisotopic (exact) mass is 466 g/mol. The van der Waals surface area contributed by atoms with E-state index in [2.05, 4.69) is 55.0 Å². The molecule has 0 atom stereocenters. The van der Waals surface area contributed by atoms with Gasteiger partial charge in [0.1, 0.15) is 0 Å². The van der Waals surface area contributed by atoms with Gasteiger partial charge >= 0.3 is 0 Å². The van der Waals surface area contributed by atoms with Crippen molar-refractivity contribution in [3.63, 3.8) is 0 Å². The Morgan fingerprint density at radius 2 is 1.79 bits per heavy atom. The van der Waals surface area contributed by atoms with Gasteiger partial charge in [0.15, 0.2) is 5.17 Å². The van der Waals surface area contributed by atoms with Crippen molar-refractivity contribution in [2.24, 2.45) is 4.99 Å². The summed E-state index contributed by atoms with van der Waals surface area (Å²) in [7, 11) is 0. The third-order valence-corrected chi connectivity index (χ3v) is 6.79. The minimum Gasteiger partial charge on any atom is -0.345 e. The van der Waals surface area contributed by atoms with Gasteiger partial charge in [-0.25, -0.2) is 4.98 Å². The molecule has 34 heavy (non-hydrogen) atoms. The Balaban J connectivity index is 1.46. The Kier molecular flexibility index (Phi) is 5.84. The summed E-state index contributed by atoms with van der Waals surface area (Å²) >= 11 is 1.41. The van der Waals surface area contributed by atoms with Crippen LogP contribution in [0.2, 0.25) is 0 Å². The van der Waals surface area contributed by atoms with Crippen LogP contribution in [0.3, 0.4) is 0 Å². The second-order valence-electron chi connectivity index (χ2n) is 9.31. The largest absolute Gasteiger partial charge is 0.345 e. The summed E-state index contributed by atoms with van der Waals surface area (Å²) in [6.07, 6.45) is 3.59. The smallest absolute Gasteiger partial charge is 0.271 e. The number of carbonyl (C=O) groups is 1. The molecule has 0 bridgehead atoms. The molecular formula is C28H26N4OS. The summed E-state index contributed by atoms with van der Waals surface area (Å²) in [5, 5.41) is 0.684. The summed E-state index contributed by atoms with van der Waals surface area (Å²) in [5.41, 5.74) is 6.11. The average Bonchev–Trinajstić information content (AvgIpc) is 3.42. The quantitative estimate of drug-likeness (QED) is 0.348. The molecule has 0 aliphatic carbocycles. The SMILES string of the molecule is CC(C)(C)c1ccc(C/N=C2\S/C(=C\c3ccc4[nH]cnc4c3)C(=O)N2c2ccccc2)cc1.